The molecule has 0 spiro atoms. The minimum Gasteiger partial charge on any atom is -0.492 e. The Hall–Kier alpha value is -1.97. The predicted molar refractivity (Wildman–Crippen MR) is 77.6 cm³/mol. The molecule has 0 aliphatic heterocycles. The minimum atomic E-state index is -0.209. The van der Waals surface area contributed by atoms with Crippen LogP contribution in [0.3, 0.4) is 0 Å². The van der Waals surface area contributed by atoms with Crippen LogP contribution in [0.4, 0.5) is 4.79 Å². The van der Waals surface area contributed by atoms with Crippen LogP contribution in [0.25, 0.3) is 0 Å². The van der Waals surface area contributed by atoms with Crippen LogP contribution in [0.2, 0.25) is 0 Å². The average molecular weight is 262 g/mol. The van der Waals surface area contributed by atoms with Crippen molar-refractivity contribution in [2.75, 3.05) is 19.7 Å². The summed E-state index contributed by atoms with van der Waals surface area (Å²) in [5.41, 5.74) is 1.24. The molecule has 1 aromatic carbocycles. The number of benzene rings is 1. The van der Waals surface area contributed by atoms with E-state index in [1.807, 2.05) is 18.2 Å². The van der Waals surface area contributed by atoms with Crippen molar-refractivity contribution in [3.8, 4) is 5.75 Å². The number of carbonyl (C=O) groups is 1. The molecule has 0 fully saturated rings. The summed E-state index contributed by atoms with van der Waals surface area (Å²) in [6.07, 6.45) is 1.63. The third-order valence-corrected chi connectivity index (χ3v) is 2.59. The summed E-state index contributed by atoms with van der Waals surface area (Å²) in [6, 6.07) is 7.80. The third-order valence-electron chi connectivity index (χ3n) is 2.59. The van der Waals surface area contributed by atoms with Crippen LogP contribution in [0.1, 0.15) is 25.3 Å². The molecule has 0 aliphatic rings. The molecule has 0 saturated heterocycles. The van der Waals surface area contributed by atoms with Gasteiger partial charge in [-0.1, -0.05) is 32.1 Å². The van der Waals surface area contributed by atoms with Crippen molar-refractivity contribution in [3.05, 3.63) is 42.5 Å². The van der Waals surface area contributed by atoms with Gasteiger partial charge in [-0.25, -0.2) is 4.79 Å². The van der Waals surface area contributed by atoms with Gasteiger partial charge in [0.05, 0.1) is 6.54 Å². The Kier molecular flexibility index (Phi) is 6.50. The molecule has 0 atom stereocenters. The lowest BCUT2D eigenvalue weighted by atomic mass is 10.0. The highest BCUT2D eigenvalue weighted by atomic mass is 16.5. The molecular weight excluding hydrogens is 240 g/mol. The van der Waals surface area contributed by atoms with Gasteiger partial charge in [-0.3, -0.25) is 0 Å². The molecular formula is C15H22N2O2. The van der Waals surface area contributed by atoms with Gasteiger partial charge in [0.1, 0.15) is 12.4 Å². The molecule has 0 radical (unpaired) electrons. The summed E-state index contributed by atoms with van der Waals surface area (Å²) in [6.45, 7) is 9.19. The quantitative estimate of drug-likeness (QED) is 0.586. The highest BCUT2D eigenvalue weighted by Gasteiger charge is 2.01. The van der Waals surface area contributed by atoms with Crippen LogP contribution >= 0.6 is 0 Å². The van der Waals surface area contributed by atoms with E-state index in [0.29, 0.717) is 25.6 Å². The van der Waals surface area contributed by atoms with E-state index in [1.54, 1.807) is 6.08 Å². The zero-order valence-electron chi connectivity index (χ0n) is 11.6. The molecule has 1 aromatic rings. The molecule has 0 unspecified atom stereocenters. The molecule has 104 valence electrons. The van der Waals surface area contributed by atoms with Crippen molar-refractivity contribution in [2.45, 2.75) is 19.8 Å². The van der Waals surface area contributed by atoms with Crippen molar-refractivity contribution in [3.63, 3.8) is 0 Å². The van der Waals surface area contributed by atoms with Crippen molar-refractivity contribution in [2.24, 2.45) is 0 Å². The van der Waals surface area contributed by atoms with Gasteiger partial charge in [-0.2, -0.15) is 0 Å². The SMILES string of the molecule is C=CCNC(=O)NCCOc1cccc(C(C)C)c1. The number of carbonyl (C=O) groups excluding carboxylic acids is 1. The molecule has 2 amide bonds. The van der Waals surface area contributed by atoms with Gasteiger partial charge < -0.3 is 15.4 Å². The maximum atomic E-state index is 11.2. The fraction of sp³-hybridized carbons (Fsp3) is 0.400. The number of urea groups is 1. The summed E-state index contributed by atoms with van der Waals surface area (Å²) in [5, 5.41) is 5.33. The highest BCUT2D eigenvalue weighted by molar-refractivity contribution is 5.73. The van der Waals surface area contributed by atoms with E-state index in [-0.39, 0.29) is 6.03 Å². The van der Waals surface area contributed by atoms with E-state index < -0.39 is 0 Å². The van der Waals surface area contributed by atoms with Gasteiger partial charge in [-0.15, -0.1) is 6.58 Å². The number of amides is 2. The lowest BCUT2D eigenvalue weighted by Crippen LogP contribution is -2.37. The van der Waals surface area contributed by atoms with Gasteiger partial charge in [0.15, 0.2) is 0 Å². The summed E-state index contributed by atoms with van der Waals surface area (Å²) in [4.78, 5) is 11.2. The van der Waals surface area contributed by atoms with Gasteiger partial charge in [0.25, 0.3) is 0 Å². The zero-order chi connectivity index (χ0) is 14.1. The molecule has 2 N–H and O–H groups in total. The zero-order valence-corrected chi connectivity index (χ0v) is 11.6. The van der Waals surface area contributed by atoms with Crippen LogP contribution in [0.15, 0.2) is 36.9 Å². The molecule has 0 aliphatic carbocycles. The van der Waals surface area contributed by atoms with Gasteiger partial charge in [-0.05, 0) is 23.6 Å². The molecule has 19 heavy (non-hydrogen) atoms. The standard InChI is InChI=1S/C15H22N2O2/c1-4-8-16-15(18)17-9-10-19-14-7-5-6-13(11-14)12(2)3/h4-7,11-12H,1,8-10H2,2-3H3,(H2,16,17,18). The monoisotopic (exact) mass is 262 g/mol. The summed E-state index contributed by atoms with van der Waals surface area (Å²) >= 11 is 0. The van der Waals surface area contributed by atoms with Crippen LogP contribution in [0, 0.1) is 0 Å². The second-order valence-corrected chi connectivity index (χ2v) is 4.50. The maximum absolute atomic E-state index is 11.2. The molecule has 0 saturated carbocycles. The van der Waals surface area contributed by atoms with Gasteiger partial charge in [0, 0.05) is 6.54 Å². The smallest absolute Gasteiger partial charge is 0.315 e. The Morgan fingerprint density at radius 1 is 1.42 bits per heavy atom. The fourth-order valence-electron chi connectivity index (χ4n) is 1.52. The Morgan fingerprint density at radius 3 is 2.89 bits per heavy atom. The minimum absolute atomic E-state index is 0.209. The van der Waals surface area contributed by atoms with E-state index in [1.165, 1.54) is 5.56 Å². The van der Waals surface area contributed by atoms with Crippen molar-refractivity contribution >= 4 is 6.03 Å². The topological polar surface area (TPSA) is 50.4 Å². The first-order valence-electron chi connectivity index (χ1n) is 6.49. The van der Waals surface area contributed by atoms with Crippen LogP contribution in [0.5, 0.6) is 5.75 Å². The second-order valence-electron chi connectivity index (χ2n) is 4.50. The Balaban J connectivity index is 2.27. The normalized spacial score (nSPS) is 10.1. The molecule has 0 aromatic heterocycles. The van der Waals surface area contributed by atoms with E-state index in [2.05, 4.69) is 37.1 Å². The number of nitrogens with one attached hydrogen (secondary N) is 2. The van der Waals surface area contributed by atoms with E-state index in [0.717, 1.165) is 5.75 Å². The third kappa shape index (κ3) is 5.95. The number of hydrogen-bond donors (Lipinski definition) is 2. The van der Waals surface area contributed by atoms with Crippen molar-refractivity contribution in [1.29, 1.82) is 0 Å². The van der Waals surface area contributed by atoms with Crippen molar-refractivity contribution < 1.29 is 9.53 Å². The molecule has 4 nitrogen and oxygen atoms in total. The van der Waals surface area contributed by atoms with Gasteiger partial charge in [0.2, 0.25) is 0 Å². The molecule has 0 bridgehead atoms. The van der Waals surface area contributed by atoms with Crippen LogP contribution < -0.4 is 15.4 Å². The lowest BCUT2D eigenvalue weighted by Gasteiger charge is -2.10. The van der Waals surface area contributed by atoms with Crippen LogP contribution in [-0.2, 0) is 0 Å². The summed E-state index contributed by atoms with van der Waals surface area (Å²) in [7, 11) is 0. The molecule has 4 heteroatoms. The fourth-order valence-corrected chi connectivity index (χ4v) is 1.52. The van der Waals surface area contributed by atoms with E-state index in [9.17, 15) is 4.79 Å². The molecule has 0 heterocycles. The summed E-state index contributed by atoms with van der Waals surface area (Å²) in [5.74, 6) is 1.31. The van der Waals surface area contributed by atoms with Crippen molar-refractivity contribution in [1.82, 2.24) is 10.6 Å². The first kappa shape index (κ1) is 15.1. The number of ether oxygens (including phenoxy) is 1. The Labute approximate surface area is 114 Å². The number of rotatable bonds is 7. The Morgan fingerprint density at radius 2 is 2.21 bits per heavy atom. The first-order chi connectivity index (χ1) is 9.13. The molecule has 1 rings (SSSR count). The second kappa shape index (κ2) is 8.19. The van der Waals surface area contributed by atoms with E-state index in [4.69, 9.17) is 4.74 Å². The summed E-state index contributed by atoms with van der Waals surface area (Å²) < 4.78 is 5.59. The average Bonchev–Trinajstić information content (AvgIpc) is 2.41. The maximum Gasteiger partial charge on any atom is 0.315 e. The largest absolute Gasteiger partial charge is 0.492 e. The van der Waals surface area contributed by atoms with E-state index >= 15 is 0 Å². The van der Waals surface area contributed by atoms with Gasteiger partial charge >= 0.3 is 6.03 Å². The Bertz CT molecular complexity index is 416. The first-order valence-corrected chi connectivity index (χ1v) is 6.49. The number of hydrogen-bond acceptors (Lipinski definition) is 2. The lowest BCUT2D eigenvalue weighted by molar-refractivity contribution is 0.237. The predicted octanol–water partition coefficient (Wildman–Crippen LogP) is 2.67. The van der Waals surface area contributed by atoms with Crippen LogP contribution in [-0.4, -0.2) is 25.7 Å². The highest BCUT2D eigenvalue weighted by Crippen LogP contribution is 2.19.